The normalized spacial score (nSPS) is 9.09. The predicted octanol–water partition coefficient (Wildman–Crippen LogP) is 2.77. The third-order valence-electron chi connectivity index (χ3n) is 2.65. The molecule has 0 fully saturated rings. The van der Waals surface area contributed by atoms with E-state index in [0.29, 0.717) is 11.3 Å². The molecule has 0 saturated carbocycles. The quantitative estimate of drug-likeness (QED) is 0.685. The van der Waals surface area contributed by atoms with E-state index in [9.17, 15) is 9.59 Å². The van der Waals surface area contributed by atoms with Gasteiger partial charge in [-0.25, -0.2) is 0 Å². The Morgan fingerprint density at radius 1 is 1.09 bits per heavy atom. The second-order valence-electron chi connectivity index (χ2n) is 4.21. The highest BCUT2D eigenvalue weighted by Crippen LogP contribution is 2.20. The highest BCUT2D eigenvalue weighted by Gasteiger charge is 2.11. The van der Waals surface area contributed by atoms with Crippen molar-refractivity contribution < 1.29 is 9.59 Å². The molecule has 1 amide bonds. The fourth-order valence-electron chi connectivity index (χ4n) is 1.58. The zero-order chi connectivity index (χ0) is 15.9. The number of rotatable bonds is 2. The van der Waals surface area contributed by atoms with Gasteiger partial charge in [0, 0.05) is 11.3 Å². The van der Waals surface area contributed by atoms with Crippen LogP contribution >= 0.6 is 11.6 Å². The molecule has 2 rings (SSSR count). The van der Waals surface area contributed by atoms with Crippen molar-refractivity contribution in [2.75, 3.05) is 5.32 Å². The largest absolute Gasteiger partial charge is 0.319 e. The van der Waals surface area contributed by atoms with Gasteiger partial charge in [0.25, 0.3) is 5.78 Å². The molecule has 0 aromatic heterocycles. The lowest BCUT2D eigenvalue weighted by atomic mass is 10.2. The second kappa shape index (κ2) is 7.08. The first kappa shape index (κ1) is 15.3. The summed E-state index contributed by atoms with van der Waals surface area (Å²) < 4.78 is 0. The van der Waals surface area contributed by atoms with Crippen molar-refractivity contribution in [3.63, 3.8) is 0 Å². The average Bonchev–Trinajstić information content (AvgIpc) is 2.53. The first-order valence-electron chi connectivity index (χ1n) is 6.22. The number of nitrogens with zero attached hydrogens (tertiary/aromatic N) is 1. The van der Waals surface area contributed by atoms with Crippen molar-refractivity contribution in [1.29, 1.82) is 5.26 Å². The number of Topliss-reactive ketones (excluding diaryl/α,β-unsaturated/α-hetero) is 1. The highest BCUT2D eigenvalue weighted by atomic mass is 35.5. The van der Waals surface area contributed by atoms with Crippen LogP contribution in [-0.2, 0) is 9.59 Å². The fraction of sp³-hybridized carbons (Fsp3) is 0. The first-order chi connectivity index (χ1) is 10.6. The van der Waals surface area contributed by atoms with Gasteiger partial charge in [-0.15, -0.1) is 0 Å². The number of hydrogen-bond acceptors (Lipinski definition) is 3. The molecule has 5 heteroatoms. The van der Waals surface area contributed by atoms with Crippen LogP contribution in [0.4, 0.5) is 5.69 Å². The standard InChI is InChI=1S/C17H9ClN2O2/c18-15-10-14(8-7-13(15)11-19)20-17(22)16(21)9-6-12-4-2-1-3-5-12/h1-5,7-8,10H,(H,20,22). The van der Waals surface area contributed by atoms with Crippen molar-refractivity contribution in [3.8, 4) is 17.9 Å². The third-order valence-corrected chi connectivity index (χ3v) is 2.96. The Bertz CT molecular complexity index is 827. The maximum Gasteiger partial charge on any atom is 0.305 e. The molecule has 2 aromatic carbocycles. The molecule has 0 aliphatic heterocycles. The average molecular weight is 309 g/mol. The van der Waals surface area contributed by atoms with Crippen LogP contribution in [0.5, 0.6) is 0 Å². The molecule has 0 spiro atoms. The van der Waals surface area contributed by atoms with Gasteiger partial charge in [-0.3, -0.25) is 9.59 Å². The summed E-state index contributed by atoms with van der Waals surface area (Å²) in [6.45, 7) is 0. The molecule has 0 saturated heterocycles. The third kappa shape index (κ3) is 3.96. The van der Waals surface area contributed by atoms with Crippen LogP contribution in [0.2, 0.25) is 5.02 Å². The van der Waals surface area contributed by atoms with E-state index in [0.717, 1.165) is 0 Å². The molecule has 0 radical (unpaired) electrons. The van der Waals surface area contributed by atoms with Gasteiger partial charge in [0.1, 0.15) is 6.07 Å². The number of carbonyl (C=O) groups excluding carboxylic acids is 2. The van der Waals surface area contributed by atoms with E-state index in [1.54, 1.807) is 24.3 Å². The Morgan fingerprint density at radius 3 is 2.45 bits per heavy atom. The van der Waals surface area contributed by atoms with Gasteiger partial charge in [-0.1, -0.05) is 35.7 Å². The summed E-state index contributed by atoms with van der Waals surface area (Å²) in [4.78, 5) is 23.4. The van der Waals surface area contributed by atoms with E-state index in [4.69, 9.17) is 16.9 Å². The van der Waals surface area contributed by atoms with Crippen molar-refractivity contribution in [1.82, 2.24) is 0 Å². The number of carbonyl (C=O) groups is 2. The van der Waals surface area contributed by atoms with Crippen LogP contribution < -0.4 is 5.32 Å². The zero-order valence-corrected chi connectivity index (χ0v) is 12.0. The van der Waals surface area contributed by atoms with E-state index < -0.39 is 11.7 Å². The number of halogens is 1. The lowest BCUT2D eigenvalue weighted by Crippen LogP contribution is -2.21. The molecule has 4 nitrogen and oxygen atoms in total. The summed E-state index contributed by atoms with van der Waals surface area (Å²) in [6, 6.07) is 15.1. The van der Waals surface area contributed by atoms with Crippen LogP contribution in [0, 0.1) is 23.2 Å². The van der Waals surface area contributed by atoms with Gasteiger partial charge in [-0.05, 0) is 36.3 Å². The van der Waals surface area contributed by atoms with Crippen molar-refractivity contribution in [2.45, 2.75) is 0 Å². The van der Waals surface area contributed by atoms with Gasteiger partial charge in [0.05, 0.1) is 10.6 Å². The minimum absolute atomic E-state index is 0.197. The Kier molecular flexibility index (Phi) is 4.93. The lowest BCUT2D eigenvalue weighted by molar-refractivity contribution is -0.131. The number of nitrogens with one attached hydrogen (secondary N) is 1. The van der Waals surface area contributed by atoms with E-state index >= 15 is 0 Å². The van der Waals surface area contributed by atoms with Crippen molar-refractivity contribution >= 4 is 29.0 Å². The van der Waals surface area contributed by atoms with Gasteiger partial charge < -0.3 is 5.32 Å². The summed E-state index contributed by atoms with van der Waals surface area (Å²) in [5, 5.41) is 11.3. The van der Waals surface area contributed by atoms with Crippen LogP contribution in [-0.4, -0.2) is 11.7 Å². The Balaban J connectivity index is 2.07. The SMILES string of the molecule is N#Cc1ccc(NC(=O)C(=O)C#Cc2ccccc2)cc1Cl. The maximum atomic E-state index is 11.7. The van der Waals surface area contributed by atoms with E-state index in [-0.39, 0.29) is 10.6 Å². The monoisotopic (exact) mass is 308 g/mol. The van der Waals surface area contributed by atoms with Gasteiger partial charge >= 0.3 is 5.91 Å². The lowest BCUT2D eigenvalue weighted by Gasteiger charge is -2.03. The molecule has 0 atom stereocenters. The van der Waals surface area contributed by atoms with Crippen LogP contribution in [0.25, 0.3) is 0 Å². The Hall–Kier alpha value is -3.08. The minimum atomic E-state index is -0.857. The predicted molar refractivity (Wildman–Crippen MR) is 83.1 cm³/mol. The highest BCUT2D eigenvalue weighted by molar-refractivity contribution is 6.47. The smallest absolute Gasteiger partial charge is 0.305 e. The second-order valence-corrected chi connectivity index (χ2v) is 4.61. The molecule has 2 aromatic rings. The van der Waals surface area contributed by atoms with Gasteiger partial charge in [0.2, 0.25) is 0 Å². The molecule has 22 heavy (non-hydrogen) atoms. The number of hydrogen-bond donors (Lipinski definition) is 1. The molecule has 0 heterocycles. The zero-order valence-electron chi connectivity index (χ0n) is 11.3. The molecule has 0 aliphatic rings. The summed E-state index contributed by atoms with van der Waals surface area (Å²) in [5.41, 5.74) is 1.25. The van der Waals surface area contributed by atoms with Crippen molar-refractivity contribution in [2.24, 2.45) is 0 Å². The number of benzene rings is 2. The molecular weight excluding hydrogens is 300 g/mol. The maximum absolute atomic E-state index is 11.7. The molecule has 0 unspecified atom stereocenters. The molecular formula is C17H9ClN2O2. The molecule has 106 valence electrons. The number of ketones is 1. The summed E-state index contributed by atoms with van der Waals surface area (Å²) >= 11 is 5.85. The number of nitriles is 1. The molecule has 0 aliphatic carbocycles. The van der Waals surface area contributed by atoms with Crippen LogP contribution in [0.1, 0.15) is 11.1 Å². The van der Waals surface area contributed by atoms with Crippen LogP contribution in [0.15, 0.2) is 48.5 Å². The first-order valence-corrected chi connectivity index (χ1v) is 6.60. The minimum Gasteiger partial charge on any atom is -0.319 e. The molecule has 1 N–H and O–H groups in total. The molecule has 0 bridgehead atoms. The van der Waals surface area contributed by atoms with E-state index in [2.05, 4.69) is 17.2 Å². The Morgan fingerprint density at radius 2 is 1.82 bits per heavy atom. The van der Waals surface area contributed by atoms with Crippen LogP contribution in [0.3, 0.4) is 0 Å². The summed E-state index contributed by atoms with van der Waals surface area (Å²) in [7, 11) is 0. The fourth-order valence-corrected chi connectivity index (χ4v) is 1.80. The van der Waals surface area contributed by atoms with Crippen molar-refractivity contribution in [3.05, 3.63) is 64.7 Å². The number of anilines is 1. The van der Waals surface area contributed by atoms with Gasteiger partial charge in [-0.2, -0.15) is 5.26 Å². The van der Waals surface area contributed by atoms with Gasteiger partial charge in [0.15, 0.2) is 0 Å². The van der Waals surface area contributed by atoms with E-state index in [1.807, 2.05) is 12.1 Å². The summed E-state index contributed by atoms with van der Waals surface area (Å²) in [6.07, 6.45) is 0. The number of amides is 1. The van der Waals surface area contributed by atoms with E-state index in [1.165, 1.54) is 18.2 Å². The topological polar surface area (TPSA) is 70.0 Å². The Labute approximate surface area is 132 Å². The summed E-state index contributed by atoms with van der Waals surface area (Å²) in [5.74, 6) is 3.17.